The summed E-state index contributed by atoms with van der Waals surface area (Å²) in [5.41, 5.74) is 4.96. The third-order valence-corrected chi connectivity index (χ3v) is 6.26. The van der Waals surface area contributed by atoms with Crippen molar-refractivity contribution in [2.75, 3.05) is 0 Å². The second-order valence-corrected chi connectivity index (χ2v) is 9.60. The van der Waals surface area contributed by atoms with Crippen LogP contribution in [0.3, 0.4) is 0 Å². The fourth-order valence-corrected chi connectivity index (χ4v) is 4.37. The molecule has 5 N–H and O–H groups in total. The Labute approximate surface area is 205 Å². The minimum absolute atomic E-state index is 0.165. The maximum absolute atomic E-state index is 14.2. The molecule has 182 valence electrons. The van der Waals surface area contributed by atoms with Crippen LogP contribution in [0.25, 0.3) is 0 Å². The number of nitrogen functional groups attached to an aromatic ring is 1. The van der Waals surface area contributed by atoms with Gasteiger partial charge in [-0.1, -0.05) is 44.2 Å². The molecule has 10 heteroatoms. The summed E-state index contributed by atoms with van der Waals surface area (Å²) in [6.07, 6.45) is 0.236. The first-order valence-corrected chi connectivity index (χ1v) is 11.3. The van der Waals surface area contributed by atoms with E-state index in [-0.39, 0.29) is 28.4 Å². The Morgan fingerprint density at radius 1 is 1.14 bits per heavy atom. The molecule has 1 aromatic heterocycles. The van der Waals surface area contributed by atoms with Crippen molar-refractivity contribution in [3.8, 4) is 5.75 Å². The molecule has 0 aliphatic heterocycles. The Morgan fingerprint density at radius 3 is 2.43 bits per heavy atom. The number of rotatable bonds is 9. The molecule has 0 saturated heterocycles. The zero-order chi connectivity index (χ0) is 25.8. The number of thiophene rings is 1. The van der Waals surface area contributed by atoms with E-state index in [4.69, 9.17) is 15.9 Å². The van der Waals surface area contributed by atoms with Crippen molar-refractivity contribution in [1.29, 1.82) is 5.41 Å². The molecule has 3 aromatic rings. The summed E-state index contributed by atoms with van der Waals surface area (Å²) in [5.74, 6) is -3.84. The van der Waals surface area contributed by atoms with Crippen molar-refractivity contribution in [1.82, 2.24) is 5.32 Å². The zero-order valence-electron chi connectivity index (χ0n) is 19.0. The van der Waals surface area contributed by atoms with Crippen LogP contribution in [-0.4, -0.2) is 28.8 Å². The normalized spacial score (nSPS) is 12.0. The largest absolute Gasteiger partial charge is 0.479 e. The first-order valence-electron chi connectivity index (χ1n) is 10.5. The van der Waals surface area contributed by atoms with E-state index >= 15 is 0 Å². The van der Waals surface area contributed by atoms with Crippen molar-refractivity contribution in [2.24, 2.45) is 11.1 Å². The number of carboxylic acid groups (broad SMARTS) is 1. The number of nitrogens with two attached hydrogens (primary N) is 1. The van der Waals surface area contributed by atoms with Gasteiger partial charge in [0.25, 0.3) is 0 Å². The number of halogens is 1. The van der Waals surface area contributed by atoms with Gasteiger partial charge < -0.3 is 20.9 Å². The minimum Gasteiger partial charge on any atom is -0.479 e. The molecule has 0 aliphatic rings. The summed E-state index contributed by atoms with van der Waals surface area (Å²) in [7, 11) is 0. The second kappa shape index (κ2) is 10.5. The van der Waals surface area contributed by atoms with Crippen LogP contribution in [0.5, 0.6) is 5.75 Å². The first-order chi connectivity index (χ1) is 16.5. The highest BCUT2D eigenvalue weighted by molar-refractivity contribution is 7.14. The zero-order valence-corrected chi connectivity index (χ0v) is 19.8. The number of aliphatic carboxylic acids is 1. The van der Waals surface area contributed by atoms with Crippen LogP contribution in [0.1, 0.15) is 45.6 Å². The monoisotopic (exact) mass is 497 g/mol. The SMILES string of the molecule is CC(C)(Cc1ccc(C(=O)Oc2ccc(C(=N)N)cc2F)s1)C(=O)N[C@H](C(=O)O)c1ccccc1. The number of amidine groups is 1. The molecular formula is C25H24FN3O5S. The molecule has 2 aromatic carbocycles. The molecule has 8 nitrogen and oxygen atoms in total. The number of hydrogen-bond acceptors (Lipinski definition) is 6. The molecule has 0 unspecified atom stereocenters. The second-order valence-electron chi connectivity index (χ2n) is 8.43. The number of hydrogen-bond donors (Lipinski definition) is 4. The van der Waals surface area contributed by atoms with E-state index in [0.717, 1.165) is 17.4 Å². The quantitative estimate of drug-likeness (QED) is 0.153. The fraction of sp³-hybridized carbons (Fsp3) is 0.200. The Bertz CT molecular complexity index is 1270. The van der Waals surface area contributed by atoms with Gasteiger partial charge in [-0.3, -0.25) is 10.2 Å². The van der Waals surface area contributed by atoms with Crippen molar-refractivity contribution < 1.29 is 28.6 Å². The molecule has 3 rings (SSSR count). The van der Waals surface area contributed by atoms with Gasteiger partial charge in [0.05, 0.1) is 0 Å². The lowest BCUT2D eigenvalue weighted by Gasteiger charge is -2.25. The lowest BCUT2D eigenvalue weighted by atomic mass is 9.87. The highest BCUT2D eigenvalue weighted by Gasteiger charge is 2.33. The Hall–Kier alpha value is -4.05. The van der Waals surface area contributed by atoms with Gasteiger partial charge in [-0.2, -0.15) is 0 Å². The fourth-order valence-electron chi connectivity index (χ4n) is 3.26. The molecule has 0 fully saturated rings. The molecule has 35 heavy (non-hydrogen) atoms. The van der Waals surface area contributed by atoms with Gasteiger partial charge in [0.15, 0.2) is 17.6 Å². The van der Waals surface area contributed by atoms with Crippen LogP contribution >= 0.6 is 11.3 Å². The molecule has 0 bridgehead atoms. The van der Waals surface area contributed by atoms with E-state index in [9.17, 15) is 23.9 Å². The smallest absolute Gasteiger partial charge is 0.353 e. The predicted molar refractivity (Wildman–Crippen MR) is 129 cm³/mol. The van der Waals surface area contributed by atoms with Crippen LogP contribution in [0, 0.1) is 16.6 Å². The molecule has 1 atom stereocenters. The summed E-state index contributed by atoms with van der Waals surface area (Å²) in [6.45, 7) is 3.35. The maximum Gasteiger partial charge on any atom is 0.353 e. The average molecular weight is 498 g/mol. The van der Waals surface area contributed by atoms with Gasteiger partial charge in [0.2, 0.25) is 5.91 Å². The third-order valence-electron chi connectivity index (χ3n) is 5.19. The van der Waals surface area contributed by atoms with Gasteiger partial charge in [-0.25, -0.2) is 14.0 Å². The Balaban J connectivity index is 1.68. The van der Waals surface area contributed by atoms with E-state index in [1.54, 1.807) is 50.2 Å². The lowest BCUT2D eigenvalue weighted by Crippen LogP contribution is -2.42. The summed E-state index contributed by atoms with van der Waals surface area (Å²) in [5, 5.41) is 19.5. The van der Waals surface area contributed by atoms with Gasteiger partial charge in [-0.15, -0.1) is 11.3 Å². The molecule has 1 heterocycles. The van der Waals surface area contributed by atoms with Gasteiger partial charge in [0.1, 0.15) is 10.7 Å². The highest BCUT2D eigenvalue weighted by Crippen LogP contribution is 2.29. The van der Waals surface area contributed by atoms with Gasteiger partial charge in [0, 0.05) is 15.9 Å². The topological polar surface area (TPSA) is 143 Å². The van der Waals surface area contributed by atoms with E-state index in [0.29, 0.717) is 10.4 Å². The van der Waals surface area contributed by atoms with Crippen LogP contribution in [0.2, 0.25) is 0 Å². The third kappa shape index (κ3) is 6.30. The number of amides is 1. The number of nitrogens with one attached hydrogen (secondary N) is 2. The number of benzene rings is 2. The number of ether oxygens (including phenoxy) is 1. The van der Waals surface area contributed by atoms with Crippen molar-refractivity contribution in [2.45, 2.75) is 26.3 Å². The van der Waals surface area contributed by atoms with Crippen LogP contribution in [0.4, 0.5) is 4.39 Å². The summed E-state index contributed by atoms with van der Waals surface area (Å²) in [4.78, 5) is 38.0. The molecule has 0 spiro atoms. The number of esters is 1. The van der Waals surface area contributed by atoms with Crippen LogP contribution in [0.15, 0.2) is 60.7 Å². The standard InChI is InChI=1S/C25H24FN3O5S/c1-25(2,24(33)29-20(22(30)31)14-6-4-3-5-7-14)13-16-9-11-19(35-16)23(32)34-18-10-8-15(21(27)28)12-17(18)26/h3-12,20H,13H2,1-2H3,(H3,27,28)(H,29,33)(H,30,31)/t20-/m0/s1. The van der Waals surface area contributed by atoms with Crippen molar-refractivity contribution in [3.05, 3.63) is 87.4 Å². The molecule has 0 saturated carbocycles. The summed E-state index contributed by atoms with van der Waals surface area (Å²) >= 11 is 1.09. The van der Waals surface area contributed by atoms with Crippen LogP contribution < -0.4 is 15.8 Å². The Kier molecular flexibility index (Phi) is 7.65. The average Bonchev–Trinajstić information content (AvgIpc) is 3.26. The van der Waals surface area contributed by atoms with E-state index in [1.807, 2.05) is 0 Å². The molecule has 0 aliphatic carbocycles. The van der Waals surface area contributed by atoms with Crippen molar-refractivity contribution in [3.63, 3.8) is 0 Å². The van der Waals surface area contributed by atoms with Gasteiger partial charge in [-0.05, 0) is 42.3 Å². The predicted octanol–water partition coefficient (Wildman–Crippen LogP) is 3.90. The van der Waals surface area contributed by atoms with Crippen LogP contribution in [-0.2, 0) is 16.0 Å². The molecular weight excluding hydrogens is 473 g/mol. The van der Waals surface area contributed by atoms with E-state index < -0.39 is 35.1 Å². The van der Waals surface area contributed by atoms with Crippen molar-refractivity contribution >= 4 is 35.0 Å². The number of carbonyl (C=O) groups is 3. The van der Waals surface area contributed by atoms with Gasteiger partial charge >= 0.3 is 11.9 Å². The maximum atomic E-state index is 14.2. The summed E-state index contributed by atoms with van der Waals surface area (Å²) < 4.78 is 19.3. The minimum atomic E-state index is -1.19. The number of carbonyl (C=O) groups excluding carboxylic acids is 2. The highest BCUT2D eigenvalue weighted by atomic mass is 32.1. The molecule has 1 amide bonds. The number of carboxylic acids is 1. The summed E-state index contributed by atoms with van der Waals surface area (Å²) in [6, 6.07) is 14.0. The van der Waals surface area contributed by atoms with E-state index in [1.165, 1.54) is 18.2 Å². The Morgan fingerprint density at radius 2 is 1.83 bits per heavy atom. The van der Waals surface area contributed by atoms with E-state index in [2.05, 4.69) is 5.32 Å². The first kappa shape index (κ1) is 25.6. The lowest BCUT2D eigenvalue weighted by molar-refractivity contribution is -0.143. The molecule has 0 radical (unpaired) electrons.